The summed E-state index contributed by atoms with van der Waals surface area (Å²) in [6.07, 6.45) is 18.3. The monoisotopic (exact) mass is 819 g/mol. The number of ether oxygens (including phenoxy) is 2. The van der Waals surface area contributed by atoms with E-state index in [4.69, 9.17) is 9.47 Å². The molecule has 12 heteroatoms. The third-order valence-corrected chi connectivity index (χ3v) is 12.1. The summed E-state index contributed by atoms with van der Waals surface area (Å²) in [6.45, 7) is 14.9. The molecule has 0 spiro atoms. The summed E-state index contributed by atoms with van der Waals surface area (Å²) >= 11 is 0. The number of methoxy groups -OCH3 is 2. The molecule has 318 valence electrons. The summed E-state index contributed by atoms with van der Waals surface area (Å²) in [7, 11) is -1.05. The van der Waals surface area contributed by atoms with Gasteiger partial charge in [-0.2, -0.15) is 13.0 Å². The van der Waals surface area contributed by atoms with Crippen molar-refractivity contribution in [2.45, 2.75) is 115 Å². The van der Waals surface area contributed by atoms with Crippen molar-refractivity contribution >= 4 is 39.0 Å². The number of rotatable bonds is 24. The van der Waals surface area contributed by atoms with Gasteiger partial charge in [0, 0.05) is 101 Å². The van der Waals surface area contributed by atoms with Crippen molar-refractivity contribution in [3.8, 4) is 0 Å². The van der Waals surface area contributed by atoms with Crippen molar-refractivity contribution in [2.24, 2.45) is 0 Å². The Morgan fingerprint density at radius 1 is 0.776 bits per heavy atom. The van der Waals surface area contributed by atoms with E-state index in [1.807, 2.05) is 12.2 Å². The van der Waals surface area contributed by atoms with Gasteiger partial charge in [0.15, 0.2) is 5.71 Å². The second kappa shape index (κ2) is 21.8. The van der Waals surface area contributed by atoms with E-state index in [0.29, 0.717) is 45.7 Å². The number of unbranched alkanes of at least 4 members (excludes halogenated alkanes) is 4. The van der Waals surface area contributed by atoms with E-state index in [2.05, 4.69) is 91.2 Å². The number of anilines is 1. The Kier molecular flexibility index (Phi) is 17.5. The zero-order valence-corrected chi connectivity index (χ0v) is 36.7. The second-order valence-corrected chi connectivity index (χ2v) is 17.8. The van der Waals surface area contributed by atoms with Gasteiger partial charge in [-0.15, -0.1) is 0 Å². The molecule has 58 heavy (non-hydrogen) atoms. The summed E-state index contributed by atoms with van der Waals surface area (Å²) in [4.78, 5) is 26.9. The SMILES string of the molecule is COCCCNC(=O)CCCCCN1/C(=C/C=C/C=C/C2=[N+](CCCCCC(=O)NCCCOC)c3ccc(S(=O)(=O)O)cc3C2(C)C)C(C)(C)c2cc(C)ccc21. The van der Waals surface area contributed by atoms with E-state index in [9.17, 15) is 22.6 Å². The maximum atomic E-state index is 12.3. The van der Waals surface area contributed by atoms with Crippen molar-refractivity contribution in [2.75, 3.05) is 58.5 Å². The second-order valence-electron chi connectivity index (χ2n) is 16.4. The summed E-state index contributed by atoms with van der Waals surface area (Å²) in [5.41, 5.74) is 7.03. The number of allylic oxidation sites excluding steroid dienone is 6. The Bertz CT molecular complexity index is 1960. The average Bonchev–Trinajstić information content (AvgIpc) is 3.51. The van der Waals surface area contributed by atoms with E-state index >= 15 is 0 Å². The van der Waals surface area contributed by atoms with Crippen LogP contribution < -0.4 is 15.5 Å². The van der Waals surface area contributed by atoms with Crippen molar-refractivity contribution in [3.63, 3.8) is 0 Å². The van der Waals surface area contributed by atoms with Crippen LogP contribution >= 0.6 is 0 Å². The molecular formula is C46H67N4O7S+. The highest BCUT2D eigenvalue weighted by Gasteiger charge is 2.45. The third-order valence-electron chi connectivity index (χ3n) is 11.2. The van der Waals surface area contributed by atoms with Crippen LogP contribution in [0, 0.1) is 6.92 Å². The van der Waals surface area contributed by atoms with Crippen LogP contribution in [0.15, 0.2) is 77.4 Å². The molecule has 2 aliphatic rings. The van der Waals surface area contributed by atoms with Crippen molar-refractivity contribution < 1.29 is 36.6 Å². The standard InChI is InChI=1S/C46H66N4O7S/c1-35-23-25-39-37(33-35)45(2,3)41(49(39)29-15-9-13-21-43(51)47-27-17-31-56-6)19-11-8-12-20-42-46(4,5)38-34-36(58(53,54)55)24-26-40(38)50(42)30-16-10-14-22-44(52)48-28-18-32-57-7/h8,11-12,19-20,23-26,33-34H,9-10,13-18,21-22,27-32H2,1-7H3,(H2-,47,48,51,52,53,54,55)/p+1. The third kappa shape index (κ3) is 12.5. The topological polar surface area (TPSA) is 137 Å². The van der Waals surface area contributed by atoms with E-state index in [-0.39, 0.29) is 22.1 Å². The first-order chi connectivity index (χ1) is 27.6. The number of nitrogens with one attached hydrogen (secondary N) is 2. The van der Waals surface area contributed by atoms with Gasteiger partial charge >= 0.3 is 0 Å². The van der Waals surface area contributed by atoms with Gasteiger partial charge in [-0.25, -0.2) is 0 Å². The molecule has 2 aliphatic heterocycles. The predicted octanol–water partition coefficient (Wildman–Crippen LogP) is 7.84. The quantitative estimate of drug-likeness (QED) is 0.0422. The summed E-state index contributed by atoms with van der Waals surface area (Å²) in [5, 5.41) is 5.93. The number of aryl methyl sites for hydroxylation is 1. The number of fused-ring (bicyclic) bond motifs is 2. The van der Waals surface area contributed by atoms with Gasteiger partial charge in [0.05, 0.1) is 10.3 Å². The minimum atomic E-state index is -4.37. The molecule has 2 heterocycles. The van der Waals surface area contributed by atoms with Crippen LogP contribution in [0.3, 0.4) is 0 Å². The highest BCUT2D eigenvalue weighted by atomic mass is 32.2. The predicted molar refractivity (Wildman–Crippen MR) is 233 cm³/mol. The van der Waals surface area contributed by atoms with Gasteiger partial charge in [0.2, 0.25) is 17.5 Å². The number of hydrogen-bond donors (Lipinski definition) is 3. The number of carbonyl (C=O) groups excluding carboxylic acids is 2. The van der Waals surface area contributed by atoms with E-state index in [0.717, 1.165) is 74.9 Å². The zero-order chi connectivity index (χ0) is 42.3. The molecule has 3 N–H and O–H groups in total. The molecule has 2 aromatic rings. The van der Waals surface area contributed by atoms with Crippen LogP contribution in [0.5, 0.6) is 0 Å². The Hall–Kier alpha value is -4.10. The largest absolute Gasteiger partial charge is 0.385 e. The lowest BCUT2D eigenvalue weighted by molar-refractivity contribution is -0.438. The fraction of sp³-hybridized carbons (Fsp3) is 0.543. The van der Waals surface area contributed by atoms with Gasteiger partial charge in [-0.1, -0.05) is 56.2 Å². The van der Waals surface area contributed by atoms with Crippen molar-refractivity contribution in [1.29, 1.82) is 0 Å². The molecule has 0 fully saturated rings. The molecule has 0 saturated heterocycles. The first kappa shape index (κ1) is 46.6. The van der Waals surface area contributed by atoms with Crippen LogP contribution in [0.2, 0.25) is 0 Å². The average molecular weight is 820 g/mol. The maximum Gasteiger partial charge on any atom is 0.294 e. The molecule has 0 radical (unpaired) electrons. The Balaban J connectivity index is 1.49. The van der Waals surface area contributed by atoms with Crippen LogP contribution in [-0.2, 0) is 40.0 Å². The Morgan fingerprint density at radius 2 is 1.41 bits per heavy atom. The smallest absolute Gasteiger partial charge is 0.294 e. The van der Waals surface area contributed by atoms with Gasteiger partial charge in [0.25, 0.3) is 10.1 Å². The van der Waals surface area contributed by atoms with Crippen molar-refractivity contribution in [1.82, 2.24) is 10.6 Å². The lowest BCUT2D eigenvalue weighted by Gasteiger charge is -2.27. The lowest BCUT2D eigenvalue weighted by atomic mass is 9.81. The van der Waals surface area contributed by atoms with E-state index < -0.39 is 15.5 Å². The zero-order valence-electron chi connectivity index (χ0n) is 35.9. The lowest BCUT2D eigenvalue weighted by Crippen LogP contribution is -2.28. The molecule has 0 aliphatic carbocycles. The Labute approximate surface area is 347 Å². The molecule has 2 aromatic carbocycles. The van der Waals surface area contributed by atoms with Gasteiger partial charge in [0.1, 0.15) is 6.54 Å². The van der Waals surface area contributed by atoms with Gasteiger partial charge in [-0.3, -0.25) is 14.1 Å². The summed E-state index contributed by atoms with van der Waals surface area (Å²) in [5.74, 6) is 0.144. The van der Waals surface area contributed by atoms with Crippen LogP contribution in [0.4, 0.5) is 11.4 Å². The molecule has 0 aromatic heterocycles. The molecule has 0 bridgehead atoms. The minimum Gasteiger partial charge on any atom is -0.385 e. The number of hydrogen-bond acceptors (Lipinski definition) is 7. The van der Waals surface area contributed by atoms with Crippen LogP contribution in [0.1, 0.15) is 109 Å². The fourth-order valence-corrected chi connectivity index (χ4v) is 8.48. The number of amides is 2. The van der Waals surface area contributed by atoms with Crippen LogP contribution in [-0.4, -0.2) is 88.7 Å². The Morgan fingerprint density at radius 3 is 2.03 bits per heavy atom. The summed E-state index contributed by atoms with van der Waals surface area (Å²) < 4.78 is 46.5. The van der Waals surface area contributed by atoms with Crippen molar-refractivity contribution in [3.05, 3.63) is 89.2 Å². The molecule has 11 nitrogen and oxygen atoms in total. The molecule has 2 amide bonds. The molecular weight excluding hydrogens is 753 g/mol. The molecule has 0 saturated carbocycles. The minimum absolute atomic E-state index is 0.0487. The number of nitrogens with zero attached hydrogens (tertiary/aromatic N) is 2. The highest BCUT2D eigenvalue weighted by molar-refractivity contribution is 7.85. The van der Waals surface area contributed by atoms with E-state index in [1.165, 1.54) is 28.6 Å². The van der Waals surface area contributed by atoms with Gasteiger partial charge < -0.3 is 25.0 Å². The number of benzene rings is 2. The molecule has 0 unspecified atom stereocenters. The number of carbonyl (C=O) groups is 2. The molecule has 4 rings (SSSR count). The summed E-state index contributed by atoms with van der Waals surface area (Å²) in [6, 6.07) is 11.5. The fourth-order valence-electron chi connectivity index (χ4n) is 7.97. The molecule has 0 atom stereocenters. The van der Waals surface area contributed by atoms with Crippen LogP contribution in [0.25, 0.3) is 0 Å². The first-order valence-electron chi connectivity index (χ1n) is 20.8. The normalized spacial score (nSPS) is 16.5. The van der Waals surface area contributed by atoms with Gasteiger partial charge in [-0.05, 0) is 89.1 Å². The maximum absolute atomic E-state index is 12.3. The highest BCUT2D eigenvalue weighted by Crippen LogP contribution is 2.48. The first-order valence-corrected chi connectivity index (χ1v) is 22.3. The van der Waals surface area contributed by atoms with E-state index in [1.54, 1.807) is 26.4 Å².